The number of unbranched alkanes of at least 4 members (excludes halogenated alkanes) is 33. The number of esters is 3. The predicted octanol–water partition coefficient (Wildman–Crippen LogP) is 18.1. The third-order valence-corrected chi connectivity index (χ3v) is 12.1. The molecule has 0 radical (unpaired) electrons. The van der Waals surface area contributed by atoms with E-state index in [9.17, 15) is 14.4 Å². The summed E-state index contributed by atoms with van der Waals surface area (Å²) in [6, 6.07) is 0. The van der Waals surface area contributed by atoms with E-state index in [1.807, 2.05) is 0 Å². The summed E-state index contributed by atoms with van der Waals surface area (Å²) in [5, 5.41) is 0. The van der Waals surface area contributed by atoms with E-state index in [0.717, 1.165) is 70.6 Å². The molecule has 368 valence electrons. The van der Waals surface area contributed by atoms with Crippen LogP contribution in [0, 0.1) is 0 Å². The Kier molecular flexibility index (Phi) is 50.3. The summed E-state index contributed by atoms with van der Waals surface area (Å²) in [5.74, 6) is -0.882. The zero-order valence-electron chi connectivity index (χ0n) is 42.1. The van der Waals surface area contributed by atoms with Crippen molar-refractivity contribution in [2.75, 3.05) is 13.2 Å². The van der Waals surface area contributed by atoms with Crippen LogP contribution in [0.4, 0.5) is 0 Å². The summed E-state index contributed by atoms with van der Waals surface area (Å²) in [5.41, 5.74) is 0. The summed E-state index contributed by atoms with van der Waals surface area (Å²) in [6.45, 7) is 6.57. The van der Waals surface area contributed by atoms with Gasteiger partial charge < -0.3 is 14.2 Å². The molecule has 0 fully saturated rings. The van der Waals surface area contributed by atoms with Crippen molar-refractivity contribution in [2.24, 2.45) is 0 Å². The minimum absolute atomic E-state index is 0.0735. The van der Waals surface area contributed by atoms with Crippen LogP contribution in [0.3, 0.4) is 0 Å². The van der Waals surface area contributed by atoms with E-state index < -0.39 is 6.10 Å². The molecule has 0 bridgehead atoms. The van der Waals surface area contributed by atoms with E-state index in [-0.39, 0.29) is 31.1 Å². The van der Waals surface area contributed by atoms with Gasteiger partial charge >= 0.3 is 17.9 Å². The molecular weight excluding hydrogens is 781 g/mol. The van der Waals surface area contributed by atoms with Gasteiger partial charge in [-0.2, -0.15) is 0 Å². The SMILES string of the molecule is CCCCCCC/C=C\C/C=C\CCCCCCCCCCCCCCCC(=O)OCC(COC(=O)CCCCCCCC)OC(=O)CCCCCCC/C=C\CCCCCCC. The summed E-state index contributed by atoms with van der Waals surface area (Å²) < 4.78 is 16.7. The molecule has 0 aliphatic carbocycles. The lowest BCUT2D eigenvalue weighted by molar-refractivity contribution is -0.167. The van der Waals surface area contributed by atoms with Gasteiger partial charge in [0.25, 0.3) is 0 Å². The number of carbonyl (C=O) groups is 3. The third kappa shape index (κ3) is 50.5. The Labute approximate surface area is 391 Å². The van der Waals surface area contributed by atoms with Crippen molar-refractivity contribution in [3.05, 3.63) is 36.5 Å². The first-order valence-corrected chi connectivity index (χ1v) is 27.5. The first-order valence-electron chi connectivity index (χ1n) is 27.5. The van der Waals surface area contributed by atoms with Crippen molar-refractivity contribution in [1.82, 2.24) is 0 Å². The van der Waals surface area contributed by atoms with Gasteiger partial charge in [0.05, 0.1) is 0 Å². The minimum Gasteiger partial charge on any atom is -0.462 e. The second-order valence-electron chi connectivity index (χ2n) is 18.5. The van der Waals surface area contributed by atoms with Gasteiger partial charge in [0.2, 0.25) is 0 Å². The maximum atomic E-state index is 12.7. The smallest absolute Gasteiger partial charge is 0.306 e. The van der Waals surface area contributed by atoms with Crippen molar-refractivity contribution < 1.29 is 28.6 Å². The zero-order valence-corrected chi connectivity index (χ0v) is 42.1. The maximum Gasteiger partial charge on any atom is 0.306 e. The second-order valence-corrected chi connectivity index (χ2v) is 18.5. The summed E-state index contributed by atoms with van der Waals surface area (Å²) in [6.07, 6.45) is 61.7. The molecule has 0 aliphatic heterocycles. The normalized spacial score (nSPS) is 12.2. The van der Waals surface area contributed by atoms with Crippen LogP contribution in [0.1, 0.15) is 290 Å². The van der Waals surface area contributed by atoms with Crippen LogP contribution < -0.4 is 0 Å². The lowest BCUT2D eigenvalue weighted by Gasteiger charge is -2.18. The molecular formula is C57H104O6. The molecule has 0 spiro atoms. The molecule has 1 atom stereocenters. The van der Waals surface area contributed by atoms with E-state index in [1.165, 1.54) is 180 Å². The third-order valence-electron chi connectivity index (χ3n) is 12.1. The van der Waals surface area contributed by atoms with Crippen LogP contribution in [-0.2, 0) is 28.6 Å². The second kappa shape index (κ2) is 52.3. The maximum absolute atomic E-state index is 12.7. The van der Waals surface area contributed by atoms with Crippen LogP contribution >= 0.6 is 0 Å². The first-order chi connectivity index (χ1) is 31.0. The van der Waals surface area contributed by atoms with Crippen molar-refractivity contribution in [3.8, 4) is 0 Å². The van der Waals surface area contributed by atoms with E-state index in [4.69, 9.17) is 14.2 Å². The van der Waals surface area contributed by atoms with Crippen molar-refractivity contribution >= 4 is 17.9 Å². The van der Waals surface area contributed by atoms with Gasteiger partial charge in [-0.15, -0.1) is 0 Å². The van der Waals surface area contributed by atoms with Gasteiger partial charge in [0.1, 0.15) is 13.2 Å². The average molecular weight is 885 g/mol. The van der Waals surface area contributed by atoms with Gasteiger partial charge in [-0.05, 0) is 77.0 Å². The highest BCUT2D eigenvalue weighted by atomic mass is 16.6. The molecule has 0 aromatic carbocycles. The standard InChI is InChI=1S/C57H104O6/c1-4-7-10-13-16-18-20-22-24-25-26-27-28-29-30-31-32-33-34-36-37-39-41-44-47-50-56(59)62-53-54(52-61-55(58)49-46-43-15-12-9-6-3)63-57(60)51-48-45-42-40-38-35-23-21-19-17-14-11-8-5-2/h20-23,25-26,54H,4-19,24,27-53H2,1-3H3/b22-20-,23-21-,26-25-. The summed E-state index contributed by atoms with van der Waals surface area (Å²) in [7, 11) is 0. The fourth-order valence-corrected chi connectivity index (χ4v) is 7.94. The molecule has 1 unspecified atom stereocenters. The summed E-state index contributed by atoms with van der Waals surface area (Å²) in [4.78, 5) is 37.8. The topological polar surface area (TPSA) is 78.9 Å². The van der Waals surface area contributed by atoms with Crippen LogP contribution in [-0.4, -0.2) is 37.2 Å². The highest BCUT2D eigenvalue weighted by Crippen LogP contribution is 2.16. The Morgan fingerprint density at radius 2 is 0.571 bits per heavy atom. The highest BCUT2D eigenvalue weighted by molar-refractivity contribution is 5.71. The largest absolute Gasteiger partial charge is 0.462 e. The molecule has 0 amide bonds. The van der Waals surface area contributed by atoms with Crippen molar-refractivity contribution in [3.63, 3.8) is 0 Å². The van der Waals surface area contributed by atoms with Crippen LogP contribution in [0.25, 0.3) is 0 Å². The molecule has 0 heterocycles. The Morgan fingerprint density at radius 3 is 0.889 bits per heavy atom. The molecule has 0 aliphatic rings. The van der Waals surface area contributed by atoms with Gasteiger partial charge in [-0.3, -0.25) is 14.4 Å². The Morgan fingerprint density at radius 1 is 0.317 bits per heavy atom. The highest BCUT2D eigenvalue weighted by Gasteiger charge is 2.19. The molecule has 6 nitrogen and oxygen atoms in total. The predicted molar refractivity (Wildman–Crippen MR) is 270 cm³/mol. The van der Waals surface area contributed by atoms with E-state index in [0.29, 0.717) is 19.3 Å². The number of hydrogen-bond donors (Lipinski definition) is 0. The average Bonchev–Trinajstić information content (AvgIpc) is 3.28. The lowest BCUT2D eigenvalue weighted by atomic mass is 10.0. The van der Waals surface area contributed by atoms with Crippen LogP contribution in [0.2, 0.25) is 0 Å². The molecule has 0 N–H and O–H groups in total. The van der Waals surface area contributed by atoms with E-state index in [2.05, 4.69) is 57.2 Å². The number of hydrogen-bond acceptors (Lipinski definition) is 6. The zero-order chi connectivity index (χ0) is 45.8. The monoisotopic (exact) mass is 885 g/mol. The minimum atomic E-state index is -0.770. The Balaban J connectivity index is 4.08. The van der Waals surface area contributed by atoms with E-state index >= 15 is 0 Å². The number of allylic oxidation sites excluding steroid dienone is 6. The molecule has 0 aromatic heterocycles. The van der Waals surface area contributed by atoms with Gasteiger partial charge in [-0.1, -0.05) is 231 Å². The lowest BCUT2D eigenvalue weighted by Crippen LogP contribution is -2.30. The molecule has 0 rings (SSSR count). The van der Waals surface area contributed by atoms with Gasteiger partial charge in [-0.25, -0.2) is 0 Å². The molecule has 6 heteroatoms. The first kappa shape index (κ1) is 60.6. The van der Waals surface area contributed by atoms with Crippen molar-refractivity contribution in [1.29, 1.82) is 0 Å². The number of rotatable bonds is 50. The quantitative estimate of drug-likeness (QED) is 0.0262. The van der Waals surface area contributed by atoms with Crippen molar-refractivity contribution in [2.45, 2.75) is 297 Å². The van der Waals surface area contributed by atoms with Gasteiger partial charge in [0, 0.05) is 19.3 Å². The Hall–Kier alpha value is -2.37. The van der Waals surface area contributed by atoms with Gasteiger partial charge in [0.15, 0.2) is 6.10 Å². The molecule has 0 saturated carbocycles. The molecule has 63 heavy (non-hydrogen) atoms. The van der Waals surface area contributed by atoms with E-state index in [1.54, 1.807) is 0 Å². The molecule has 0 aromatic rings. The summed E-state index contributed by atoms with van der Waals surface area (Å²) >= 11 is 0. The Bertz CT molecular complexity index is 1060. The van der Waals surface area contributed by atoms with Crippen LogP contribution in [0.5, 0.6) is 0 Å². The fourth-order valence-electron chi connectivity index (χ4n) is 7.94. The fraction of sp³-hybridized carbons (Fsp3) is 0.842. The number of carbonyl (C=O) groups excluding carboxylic acids is 3. The van der Waals surface area contributed by atoms with Crippen LogP contribution in [0.15, 0.2) is 36.5 Å². The molecule has 0 saturated heterocycles. The number of ether oxygens (including phenoxy) is 3.